The summed E-state index contributed by atoms with van der Waals surface area (Å²) in [7, 11) is 0. The molecule has 0 aliphatic carbocycles. The van der Waals surface area contributed by atoms with Crippen LogP contribution in [0.5, 0.6) is 0 Å². The van der Waals surface area contributed by atoms with Gasteiger partial charge >= 0.3 is 0 Å². The maximum Gasteiger partial charge on any atom is 0.0257 e. The van der Waals surface area contributed by atoms with Crippen LogP contribution < -0.4 is 5.32 Å². The minimum Gasteiger partial charge on any atom is -0.304 e. The van der Waals surface area contributed by atoms with E-state index in [1.54, 1.807) is 0 Å². The molecule has 1 aliphatic rings. The lowest BCUT2D eigenvalue weighted by molar-refractivity contribution is 0.606. The quantitative estimate of drug-likeness (QED) is 0.486. The second-order valence-corrected chi connectivity index (χ2v) is 2.98. The van der Waals surface area contributed by atoms with E-state index in [2.05, 4.69) is 33.0 Å². The number of rotatable bonds is 0. The lowest BCUT2D eigenvalue weighted by atomic mass is 10.1. The van der Waals surface area contributed by atoms with Crippen molar-refractivity contribution in [3.05, 3.63) is 11.1 Å². The van der Waals surface area contributed by atoms with Crippen LogP contribution in [0.25, 0.3) is 0 Å². The number of hydrogen-bond donors (Lipinski definition) is 1. The van der Waals surface area contributed by atoms with Gasteiger partial charge in [-0.1, -0.05) is 11.1 Å². The van der Waals surface area contributed by atoms with Gasteiger partial charge in [0.15, 0.2) is 0 Å². The molecule has 52 valence electrons. The standard InChI is InChI=1S/C8H15N/c1-5-6(2)8(4)9-7(5)3/h7-9H,1-4H3. The molecule has 0 fully saturated rings. The van der Waals surface area contributed by atoms with Crippen molar-refractivity contribution in [3.8, 4) is 0 Å². The molecule has 1 rings (SSSR count). The van der Waals surface area contributed by atoms with Crippen LogP contribution in [0.4, 0.5) is 0 Å². The zero-order valence-electron chi connectivity index (χ0n) is 6.65. The molecule has 0 saturated heterocycles. The first-order chi connectivity index (χ1) is 4.13. The van der Waals surface area contributed by atoms with Crippen molar-refractivity contribution in [1.29, 1.82) is 0 Å². The summed E-state index contributed by atoms with van der Waals surface area (Å²) in [6.07, 6.45) is 0. The zero-order chi connectivity index (χ0) is 7.02. The van der Waals surface area contributed by atoms with Gasteiger partial charge in [0, 0.05) is 12.1 Å². The largest absolute Gasteiger partial charge is 0.304 e. The molecule has 9 heavy (non-hydrogen) atoms. The first kappa shape index (κ1) is 6.81. The Morgan fingerprint density at radius 2 is 1.33 bits per heavy atom. The van der Waals surface area contributed by atoms with Crippen molar-refractivity contribution < 1.29 is 0 Å². The van der Waals surface area contributed by atoms with Crippen LogP contribution in [-0.2, 0) is 0 Å². The van der Waals surface area contributed by atoms with Crippen molar-refractivity contribution in [2.45, 2.75) is 39.8 Å². The van der Waals surface area contributed by atoms with Crippen LogP contribution in [0.3, 0.4) is 0 Å². The van der Waals surface area contributed by atoms with E-state index in [1.165, 1.54) is 11.1 Å². The third-order valence-corrected chi connectivity index (χ3v) is 2.42. The van der Waals surface area contributed by atoms with Crippen molar-refractivity contribution in [2.24, 2.45) is 0 Å². The van der Waals surface area contributed by atoms with Crippen LogP contribution in [-0.4, -0.2) is 12.1 Å². The third kappa shape index (κ3) is 1.01. The summed E-state index contributed by atoms with van der Waals surface area (Å²) in [5.41, 5.74) is 3.03. The van der Waals surface area contributed by atoms with E-state index >= 15 is 0 Å². The fraction of sp³-hybridized carbons (Fsp3) is 0.750. The molecule has 0 saturated carbocycles. The van der Waals surface area contributed by atoms with Crippen molar-refractivity contribution >= 4 is 0 Å². The topological polar surface area (TPSA) is 12.0 Å². The fourth-order valence-electron chi connectivity index (χ4n) is 1.31. The summed E-state index contributed by atoms with van der Waals surface area (Å²) in [6.45, 7) is 8.83. The second-order valence-electron chi connectivity index (χ2n) is 2.98. The number of hydrogen-bond acceptors (Lipinski definition) is 1. The molecule has 2 atom stereocenters. The Labute approximate surface area is 57.1 Å². The second kappa shape index (κ2) is 2.14. The lowest BCUT2D eigenvalue weighted by Crippen LogP contribution is -2.27. The van der Waals surface area contributed by atoms with Gasteiger partial charge < -0.3 is 5.32 Å². The van der Waals surface area contributed by atoms with Gasteiger partial charge in [0.05, 0.1) is 0 Å². The van der Waals surface area contributed by atoms with Gasteiger partial charge in [0.1, 0.15) is 0 Å². The molecule has 0 aromatic rings. The summed E-state index contributed by atoms with van der Waals surface area (Å²) in [6, 6.07) is 1.19. The summed E-state index contributed by atoms with van der Waals surface area (Å²) >= 11 is 0. The maximum absolute atomic E-state index is 3.44. The highest BCUT2D eigenvalue weighted by Crippen LogP contribution is 2.19. The molecule has 0 aromatic carbocycles. The van der Waals surface area contributed by atoms with Gasteiger partial charge in [-0.3, -0.25) is 0 Å². The van der Waals surface area contributed by atoms with E-state index in [-0.39, 0.29) is 0 Å². The monoisotopic (exact) mass is 125 g/mol. The highest BCUT2D eigenvalue weighted by molar-refractivity contribution is 5.25. The SMILES string of the molecule is CC1=C(C)C(C)NC1C. The Morgan fingerprint density at radius 1 is 1.00 bits per heavy atom. The molecule has 1 nitrogen and oxygen atoms in total. The Kier molecular flexibility index (Phi) is 1.62. The zero-order valence-corrected chi connectivity index (χ0v) is 6.65. The van der Waals surface area contributed by atoms with Crippen molar-refractivity contribution in [1.82, 2.24) is 5.32 Å². The summed E-state index contributed by atoms with van der Waals surface area (Å²) in [5.74, 6) is 0. The normalized spacial score (nSPS) is 36.0. The molecule has 1 aliphatic heterocycles. The Hall–Kier alpha value is -0.300. The van der Waals surface area contributed by atoms with Crippen LogP contribution in [0.2, 0.25) is 0 Å². The van der Waals surface area contributed by atoms with E-state index in [0.717, 1.165) is 0 Å². The molecule has 0 radical (unpaired) electrons. The predicted octanol–water partition coefficient (Wildman–Crippen LogP) is 1.70. The summed E-state index contributed by atoms with van der Waals surface area (Å²) in [5, 5.41) is 3.44. The minimum absolute atomic E-state index is 0.597. The van der Waals surface area contributed by atoms with Gasteiger partial charge in [0.2, 0.25) is 0 Å². The van der Waals surface area contributed by atoms with E-state index in [0.29, 0.717) is 12.1 Å². The molecule has 0 bridgehead atoms. The highest BCUT2D eigenvalue weighted by Gasteiger charge is 2.20. The summed E-state index contributed by atoms with van der Waals surface area (Å²) in [4.78, 5) is 0. The Morgan fingerprint density at radius 3 is 1.44 bits per heavy atom. The van der Waals surface area contributed by atoms with E-state index in [9.17, 15) is 0 Å². The van der Waals surface area contributed by atoms with Crippen LogP contribution in [0, 0.1) is 0 Å². The van der Waals surface area contributed by atoms with Gasteiger partial charge in [-0.2, -0.15) is 0 Å². The van der Waals surface area contributed by atoms with Gasteiger partial charge in [-0.25, -0.2) is 0 Å². The molecule has 2 unspecified atom stereocenters. The first-order valence-corrected chi connectivity index (χ1v) is 3.56. The van der Waals surface area contributed by atoms with Crippen molar-refractivity contribution in [3.63, 3.8) is 0 Å². The average Bonchev–Trinajstić information content (AvgIpc) is 1.98. The third-order valence-electron chi connectivity index (χ3n) is 2.42. The molecule has 0 spiro atoms. The minimum atomic E-state index is 0.597. The Bertz CT molecular complexity index is 131. The number of nitrogens with one attached hydrogen (secondary N) is 1. The molecule has 1 heteroatoms. The fourth-order valence-corrected chi connectivity index (χ4v) is 1.31. The summed E-state index contributed by atoms with van der Waals surface area (Å²) < 4.78 is 0. The van der Waals surface area contributed by atoms with Crippen LogP contribution in [0.15, 0.2) is 11.1 Å². The average molecular weight is 125 g/mol. The van der Waals surface area contributed by atoms with Gasteiger partial charge in [0.25, 0.3) is 0 Å². The molecule has 0 amide bonds. The van der Waals surface area contributed by atoms with E-state index in [4.69, 9.17) is 0 Å². The molecule has 1 N–H and O–H groups in total. The smallest absolute Gasteiger partial charge is 0.0257 e. The molecular weight excluding hydrogens is 110 g/mol. The lowest BCUT2D eigenvalue weighted by Gasteiger charge is -2.06. The van der Waals surface area contributed by atoms with E-state index < -0.39 is 0 Å². The van der Waals surface area contributed by atoms with Gasteiger partial charge in [-0.15, -0.1) is 0 Å². The Balaban J connectivity index is 2.79. The molecule has 1 heterocycles. The molecular formula is C8H15N. The maximum atomic E-state index is 3.44. The molecule has 0 aromatic heterocycles. The predicted molar refractivity (Wildman–Crippen MR) is 40.4 cm³/mol. The van der Waals surface area contributed by atoms with E-state index in [1.807, 2.05) is 0 Å². The van der Waals surface area contributed by atoms with Crippen molar-refractivity contribution in [2.75, 3.05) is 0 Å². The highest BCUT2D eigenvalue weighted by atomic mass is 15.0. The first-order valence-electron chi connectivity index (χ1n) is 3.56. The van der Waals surface area contributed by atoms with Crippen LogP contribution >= 0.6 is 0 Å². The van der Waals surface area contributed by atoms with Gasteiger partial charge in [-0.05, 0) is 27.7 Å². The van der Waals surface area contributed by atoms with Crippen LogP contribution in [0.1, 0.15) is 27.7 Å².